The first-order valence-corrected chi connectivity index (χ1v) is 10.2. The number of carbonyl (C=O) groups excluding carboxylic acids is 1. The van der Waals surface area contributed by atoms with E-state index in [0.717, 1.165) is 37.3 Å². The lowest BCUT2D eigenvalue weighted by Gasteiger charge is -2.31. The molecule has 1 saturated heterocycles. The second-order valence-corrected chi connectivity index (χ2v) is 8.02. The van der Waals surface area contributed by atoms with Crippen LogP contribution in [0.1, 0.15) is 34.1 Å². The van der Waals surface area contributed by atoms with Crippen LogP contribution in [0.3, 0.4) is 0 Å². The number of amides is 1. The van der Waals surface area contributed by atoms with Crippen molar-refractivity contribution in [2.45, 2.75) is 18.8 Å². The lowest BCUT2D eigenvalue weighted by molar-refractivity contribution is 0.0712. The van der Waals surface area contributed by atoms with Crippen LogP contribution in [0.25, 0.3) is 16.0 Å². The van der Waals surface area contributed by atoms with Crippen molar-refractivity contribution in [1.82, 2.24) is 24.4 Å². The predicted molar refractivity (Wildman–Crippen MR) is 109 cm³/mol. The Morgan fingerprint density at radius 3 is 2.68 bits per heavy atom. The van der Waals surface area contributed by atoms with Gasteiger partial charge in [-0.25, -0.2) is 15.0 Å². The average molecular weight is 389 g/mol. The number of benzene rings is 1. The molecule has 0 saturated carbocycles. The third kappa shape index (κ3) is 3.18. The fourth-order valence-corrected chi connectivity index (χ4v) is 4.77. The summed E-state index contributed by atoms with van der Waals surface area (Å²) in [5, 5.41) is 1.19. The number of hydrogen-bond donors (Lipinski definition) is 0. The normalized spacial score (nSPS) is 15.2. The van der Waals surface area contributed by atoms with Crippen molar-refractivity contribution < 1.29 is 4.79 Å². The summed E-state index contributed by atoms with van der Waals surface area (Å²) in [5.74, 6) is 1.24. The maximum Gasteiger partial charge on any atom is 0.255 e. The molecule has 4 heterocycles. The molecule has 0 bridgehead atoms. The van der Waals surface area contributed by atoms with Crippen LogP contribution in [0, 0.1) is 0 Å². The van der Waals surface area contributed by atoms with Crippen molar-refractivity contribution >= 4 is 27.5 Å². The van der Waals surface area contributed by atoms with Crippen LogP contribution in [-0.4, -0.2) is 43.4 Å². The molecule has 28 heavy (non-hydrogen) atoms. The van der Waals surface area contributed by atoms with Gasteiger partial charge in [0.05, 0.1) is 20.8 Å². The third-order valence-electron chi connectivity index (χ3n) is 5.21. The molecule has 6 nitrogen and oxygen atoms in total. The van der Waals surface area contributed by atoms with Gasteiger partial charge in [-0.15, -0.1) is 11.3 Å². The van der Waals surface area contributed by atoms with E-state index in [1.54, 1.807) is 30.1 Å². The maximum absolute atomic E-state index is 12.8. The Morgan fingerprint density at radius 2 is 1.96 bits per heavy atom. The number of piperidine rings is 1. The van der Waals surface area contributed by atoms with Crippen LogP contribution in [0.15, 0.2) is 61.3 Å². The van der Waals surface area contributed by atoms with Gasteiger partial charge in [-0.1, -0.05) is 12.1 Å². The Kier molecular flexibility index (Phi) is 4.37. The molecule has 3 aromatic heterocycles. The largest absolute Gasteiger partial charge is 0.339 e. The zero-order chi connectivity index (χ0) is 18.9. The van der Waals surface area contributed by atoms with Crippen molar-refractivity contribution in [2.75, 3.05) is 13.1 Å². The number of nitrogens with zero attached hydrogens (tertiary/aromatic N) is 5. The molecule has 1 aliphatic rings. The lowest BCUT2D eigenvalue weighted by Crippen LogP contribution is -2.38. The number of thiazole rings is 1. The van der Waals surface area contributed by atoms with Crippen LogP contribution in [0.4, 0.5) is 0 Å². The van der Waals surface area contributed by atoms with Gasteiger partial charge in [-0.3, -0.25) is 9.36 Å². The summed E-state index contributed by atoms with van der Waals surface area (Å²) in [6.07, 6.45) is 8.78. The number of likely N-dealkylation sites (tertiary alicyclic amines) is 1. The minimum absolute atomic E-state index is 0.0485. The Labute approximate surface area is 166 Å². The molecular formula is C21H19N5OS. The van der Waals surface area contributed by atoms with Gasteiger partial charge in [0.25, 0.3) is 5.91 Å². The second kappa shape index (κ2) is 7.16. The number of rotatable bonds is 3. The number of imidazole rings is 1. The number of carbonyl (C=O) groups is 1. The number of pyridine rings is 1. The van der Waals surface area contributed by atoms with E-state index in [4.69, 9.17) is 4.98 Å². The first-order chi connectivity index (χ1) is 13.8. The Balaban J connectivity index is 1.25. The minimum atomic E-state index is 0.0485. The first kappa shape index (κ1) is 17.1. The fourth-order valence-electron chi connectivity index (χ4n) is 3.64. The summed E-state index contributed by atoms with van der Waals surface area (Å²) in [4.78, 5) is 28.0. The Hall–Kier alpha value is -3.06. The maximum atomic E-state index is 12.8. The van der Waals surface area contributed by atoms with E-state index in [9.17, 15) is 4.79 Å². The van der Waals surface area contributed by atoms with E-state index < -0.39 is 0 Å². The highest BCUT2D eigenvalue weighted by molar-refractivity contribution is 7.18. The molecule has 4 aromatic rings. The van der Waals surface area contributed by atoms with E-state index in [1.165, 1.54) is 9.71 Å². The van der Waals surface area contributed by atoms with Crippen molar-refractivity contribution in [2.24, 2.45) is 0 Å². The molecule has 140 valence electrons. The predicted octanol–water partition coefficient (Wildman–Crippen LogP) is 3.90. The van der Waals surface area contributed by atoms with Crippen LogP contribution in [0.5, 0.6) is 0 Å². The average Bonchev–Trinajstić information content (AvgIpc) is 3.43. The summed E-state index contributed by atoms with van der Waals surface area (Å²) >= 11 is 1.78. The fraction of sp³-hybridized carbons (Fsp3) is 0.238. The van der Waals surface area contributed by atoms with Crippen molar-refractivity contribution in [1.29, 1.82) is 0 Å². The zero-order valence-corrected chi connectivity index (χ0v) is 16.0. The summed E-state index contributed by atoms with van der Waals surface area (Å²) in [5.41, 5.74) is 1.70. The lowest BCUT2D eigenvalue weighted by atomic mass is 9.97. The monoisotopic (exact) mass is 389 g/mol. The number of para-hydroxylation sites is 1. The van der Waals surface area contributed by atoms with Crippen molar-refractivity contribution in [3.8, 4) is 5.82 Å². The molecule has 0 radical (unpaired) electrons. The number of aromatic nitrogens is 4. The highest BCUT2D eigenvalue weighted by Crippen LogP contribution is 2.34. The Bertz CT molecular complexity index is 1060. The van der Waals surface area contributed by atoms with E-state index in [2.05, 4.69) is 28.2 Å². The third-order valence-corrected chi connectivity index (χ3v) is 6.40. The number of fused-ring (bicyclic) bond motifs is 1. The summed E-state index contributed by atoms with van der Waals surface area (Å²) in [6.45, 7) is 1.51. The van der Waals surface area contributed by atoms with E-state index >= 15 is 0 Å². The van der Waals surface area contributed by atoms with Gasteiger partial charge in [0.1, 0.15) is 12.1 Å². The topological polar surface area (TPSA) is 63.9 Å². The van der Waals surface area contributed by atoms with Crippen LogP contribution < -0.4 is 0 Å². The summed E-state index contributed by atoms with van der Waals surface area (Å²) < 4.78 is 3.05. The zero-order valence-electron chi connectivity index (χ0n) is 15.2. The molecule has 0 spiro atoms. The van der Waals surface area contributed by atoms with E-state index in [-0.39, 0.29) is 5.91 Å². The van der Waals surface area contributed by atoms with Crippen LogP contribution in [-0.2, 0) is 0 Å². The molecular weight excluding hydrogens is 370 g/mol. The standard InChI is InChI=1S/C21H19N5OS/c27-21(16-5-6-19(23-13-16)26-12-9-22-14-26)25-10-7-15(8-11-25)20-24-17-3-1-2-4-18(17)28-20/h1-6,9,12-15H,7-8,10-11H2. The summed E-state index contributed by atoms with van der Waals surface area (Å²) in [6, 6.07) is 12.0. The van der Waals surface area contributed by atoms with Crippen molar-refractivity contribution in [3.05, 3.63) is 71.9 Å². The molecule has 1 fully saturated rings. The highest BCUT2D eigenvalue weighted by Gasteiger charge is 2.26. The van der Waals surface area contributed by atoms with E-state index in [0.29, 0.717) is 11.5 Å². The molecule has 0 unspecified atom stereocenters. The summed E-state index contributed by atoms with van der Waals surface area (Å²) in [7, 11) is 0. The molecule has 0 N–H and O–H groups in total. The smallest absolute Gasteiger partial charge is 0.255 e. The van der Waals surface area contributed by atoms with Crippen molar-refractivity contribution in [3.63, 3.8) is 0 Å². The van der Waals surface area contributed by atoms with Gasteiger partial charge in [-0.05, 0) is 37.1 Å². The molecule has 5 rings (SSSR count). The molecule has 1 amide bonds. The van der Waals surface area contributed by atoms with Gasteiger partial charge in [-0.2, -0.15) is 0 Å². The number of hydrogen-bond acceptors (Lipinski definition) is 5. The van der Waals surface area contributed by atoms with E-state index in [1.807, 2.05) is 33.9 Å². The quantitative estimate of drug-likeness (QED) is 0.533. The molecule has 0 atom stereocenters. The van der Waals surface area contributed by atoms with Gasteiger partial charge < -0.3 is 4.90 Å². The van der Waals surface area contributed by atoms with Crippen LogP contribution in [0.2, 0.25) is 0 Å². The highest BCUT2D eigenvalue weighted by atomic mass is 32.1. The molecule has 1 aliphatic heterocycles. The Morgan fingerprint density at radius 1 is 1.11 bits per heavy atom. The minimum Gasteiger partial charge on any atom is -0.339 e. The molecule has 0 aliphatic carbocycles. The molecule has 7 heteroatoms. The van der Waals surface area contributed by atoms with Gasteiger partial charge in [0, 0.05) is 37.6 Å². The van der Waals surface area contributed by atoms with Crippen LogP contribution >= 0.6 is 11.3 Å². The second-order valence-electron chi connectivity index (χ2n) is 6.96. The SMILES string of the molecule is O=C(c1ccc(-n2ccnc2)nc1)N1CCC(c2nc3ccccc3s2)CC1. The van der Waals surface area contributed by atoms with Gasteiger partial charge in [0.2, 0.25) is 0 Å². The first-order valence-electron chi connectivity index (χ1n) is 9.37. The van der Waals surface area contributed by atoms with Gasteiger partial charge >= 0.3 is 0 Å². The van der Waals surface area contributed by atoms with Gasteiger partial charge in [0.15, 0.2) is 0 Å². The molecule has 1 aromatic carbocycles.